The van der Waals surface area contributed by atoms with Crippen molar-refractivity contribution in [2.24, 2.45) is 5.92 Å². The third-order valence-electron chi connectivity index (χ3n) is 3.35. The number of aromatic nitrogens is 2. The van der Waals surface area contributed by atoms with E-state index in [1.807, 2.05) is 31.2 Å². The van der Waals surface area contributed by atoms with Gasteiger partial charge >= 0.3 is 0 Å². The molecule has 0 fully saturated rings. The maximum atomic E-state index is 12.0. The highest BCUT2D eigenvalue weighted by atomic mass is 16.5. The van der Waals surface area contributed by atoms with E-state index in [-0.39, 0.29) is 5.91 Å². The monoisotopic (exact) mass is 328 g/mol. The van der Waals surface area contributed by atoms with E-state index in [1.54, 1.807) is 0 Å². The highest BCUT2D eigenvalue weighted by Crippen LogP contribution is 2.25. The number of hydrogen-bond donors (Lipinski definition) is 2. The van der Waals surface area contributed by atoms with Crippen LogP contribution in [0.5, 0.6) is 5.75 Å². The molecule has 6 nitrogen and oxygen atoms in total. The van der Waals surface area contributed by atoms with Gasteiger partial charge in [0.2, 0.25) is 5.95 Å². The Morgan fingerprint density at radius 3 is 2.58 bits per heavy atom. The number of carbonyl (C=O) groups is 1. The molecule has 1 aromatic heterocycles. The minimum atomic E-state index is -0.156. The lowest BCUT2D eigenvalue weighted by molar-refractivity contribution is 0.0951. The molecule has 24 heavy (non-hydrogen) atoms. The zero-order chi connectivity index (χ0) is 17.4. The molecule has 0 atom stereocenters. The maximum absolute atomic E-state index is 12.0. The van der Waals surface area contributed by atoms with E-state index >= 15 is 0 Å². The summed E-state index contributed by atoms with van der Waals surface area (Å²) in [5, 5.41) is 5.97. The predicted octanol–water partition coefficient (Wildman–Crippen LogP) is 3.39. The first-order chi connectivity index (χ1) is 11.6. The molecule has 1 heterocycles. The van der Waals surface area contributed by atoms with Crippen LogP contribution in [0.3, 0.4) is 0 Å². The predicted molar refractivity (Wildman–Crippen MR) is 94.7 cm³/mol. The van der Waals surface area contributed by atoms with E-state index in [4.69, 9.17) is 4.74 Å². The van der Waals surface area contributed by atoms with Crippen molar-refractivity contribution in [2.45, 2.75) is 27.2 Å². The van der Waals surface area contributed by atoms with Gasteiger partial charge in [-0.25, -0.2) is 9.97 Å². The Hall–Kier alpha value is -2.63. The zero-order valence-corrected chi connectivity index (χ0v) is 14.4. The van der Waals surface area contributed by atoms with Crippen molar-refractivity contribution in [3.63, 3.8) is 0 Å². The lowest BCUT2D eigenvalue weighted by Gasteiger charge is -2.11. The average molecular weight is 328 g/mol. The number of nitrogens with zero attached hydrogens (tertiary/aromatic N) is 2. The number of carbonyl (C=O) groups excluding carboxylic acids is 1. The van der Waals surface area contributed by atoms with Crippen LogP contribution in [0.15, 0.2) is 36.7 Å². The van der Waals surface area contributed by atoms with Gasteiger partial charge < -0.3 is 15.4 Å². The molecule has 1 amide bonds. The Bertz CT molecular complexity index is 656. The van der Waals surface area contributed by atoms with Crippen molar-refractivity contribution in [3.8, 4) is 5.75 Å². The number of anilines is 2. The van der Waals surface area contributed by atoms with E-state index < -0.39 is 0 Å². The van der Waals surface area contributed by atoms with E-state index in [0.29, 0.717) is 30.6 Å². The van der Waals surface area contributed by atoms with Crippen LogP contribution in [0.25, 0.3) is 0 Å². The second-order valence-electron chi connectivity index (χ2n) is 5.79. The second-order valence-corrected chi connectivity index (χ2v) is 5.79. The van der Waals surface area contributed by atoms with Crippen molar-refractivity contribution >= 4 is 17.5 Å². The van der Waals surface area contributed by atoms with Crippen LogP contribution >= 0.6 is 0 Å². The summed E-state index contributed by atoms with van der Waals surface area (Å²) in [6, 6.07) is 7.58. The van der Waals surface area contributed by atoms with Crippen molar-refractivity contribution in [3.05, 3.63) is 42.2 Å². The van der Waals surface area contributed by atoms with Crippen LogP contribution in [0.4, 0.5) is 11.6 Å². The molecule has 128 valence electrons. The van der Waals surface area contributed by atoms with Gasteiger partial charge in [-0.3, -0.25) is 4.79 Å². The van der Waals surface area contributed by atoms with Crippen LogP contribution in [0, 0.1) is 5.92 Å². The molecule has 0 bridgehead atoms. The maximum Gasteiger partial charge on any atom is 0.254 e. The summed E-state index contributed by atoms with van der Waals surface area (Å²) < 4.78 is 5.55. The van der Waals surface area contributed by atoms with Crippen molar-refractivity contribution < 1.29 is 9.53 Å². The standard InChI is InChI=1S/C18H24N4O2/c1-4-24-16-8-6-5-7-15(16)22-18-20-11-14(12-21-18)17(23)19-10-9-13(2)3/h5-8,11-13H,4,9-10H2,1-3H3,(H,19,23)(H,20,21,22). The SMILES string of the molecule is CCOc1ccccc1Nc1ncc(C(=O)NCCC(C)C)cn1. The summed E-state index contributed by atoms with van der Waals surface area (Å²) in [4.78, 5) is 20.4. The highest BCUT2D eigenvalue weighted by Gasteiger charge is 2.08. The quantitative estimate of drug-likeness (QED) is 0.777. The van der Waals surface area contributed by atoms with Crippen LogP contribution < -0.4 is 15.4 Å². The Balaban J connectivity index is 1.98. The minimum absolute atomic E-state index is 0.156. The van der Waals surface area contributed by atoms with Gasteiger partial charge in [-0.15, -0.1) is 0 Å². The molecular formula is C18H24N4O2. The van der Waals surface area contributed by atoms with Crippen molar-refractivity contribution in [2.75, 3.05) is 18.5 Å². The molecule has 6 heteroatoms. The summed E-state index contributed by atoms with van der Waals surface area (Å²) >= 11 is 0. The fourth-order valence-corrected chi connectivity index (χ4v) is 2.06. The van der Waals surface area contributed by atoms with Crippen molar-refractivity contribution in [1.29, 1.82) is 0 Å². The lowest BCUT2D eigenvalue weighted by atomic mass is 10.1. The zero-order valence-electron chi connectivity index (χ0n) is 14.4. The molecule has 1 aromatic carbocycles. The topological polar surface area (TPSA) is 76.1 Å². The molecule has 0 aliphatic heterocycles. The lowest BCUT2D eigenvalue weighted by Crippen LogP contribution is -2.25. The van der Waals surface area contributed by atoms with Crippen LogP contribution in [-0.4, -0.2) is 29.0 Å². The summed E-state index contributed by atoms with van der Waals surface area (Å²) in [5.74, 6) is 1.55. The minimum Gasteiger partial charge on any atom is -0.492 e. The number of hydrogen-bond acceptors (Lipinski definition) is 5. The number of rotatable bonds is 8. The molecule has 0 unspecified atom stereocenters. The Morgan fingerprint density at radius 2 is 1.92 bits per heavy atom. The molecule has 0 aliphatic rings. The first kappa shape index (κ1) is 17.7. The number of ether oxygens (including phenoxy) is 1. The number of benzene rings is 1. The van der Waals surface area contributed by atoms with Gasteiger partial charge in [-0.1, -0.05) is 26.0 Å². The smallest absolute Gasteiger partial charge is 0.254 e. The summed E-state index contributed by atoms with van der Waals surface area (Å²) in [5.41, 5.74) is 1.23. The summed E-state index contributed by atoms with van der Waals surface area (Å²) in [7, 11) is 0. The highest BCUT2D eigenvalue weighted by molar-refractivity contribution is 5.93. The number of amides is 1. The van der Waals surface area contributed by atoms with Gasteiger partial charge in [0.05, 0.1) is 17.9 Å². The molecular weight excluding hydrogens is 304 g/mol. The fraction of sp³-hybridized carbons (Fsp3) is 0.389. The van der Waals surface area contributed by atoms with E-state index in [2.05, 4.69) is 34.4 Å². The summed E-state index contributed by atoms with van der Waals surface area (Å²) in [6.45, 7) is 7.40. The Kier molecular flexibility index (Phi) is 6.54. The average Bonchev–Trinajstić information content (AvgIpc) is 2.57. The van der Waals surface area contributed by atoms with E-state index in [9.17, 15) is 4.79 Å². The van der Waals surface area contributed by atoms with Crippen LogP contribution in [0.2, 0.25) is 0 Å². The molecule has 2 aromatic rings. The van der Waals surface area contributed by atoms with E-state index in [0.717, 1.165) is 17.9 Å². The fourth-order valence-electron chi connectivity index (χ4n) is 2.06. The molecule has 2 N–H and O–H groups in total. The summed E-state index contributed by atoms with van der Waals surface area (Å²) in [6.07, 6.45) is 3.98. The first-order valence-corrected chi connectivity index (χ1v) is 8.19. The third kappa shape index (κ3) is 5.22. The largest absolute Gasteiger partial charge is 0.492 e. The third-order valence-corrected chi connectivity index (χ3v) is 3.35. The normalized spacial score (nSPS) is 10.5. The van der Waals surface area contributed by atoms with Gasteiger partial charge in [0.15, 0.2) is 0 Å². The Morgan fingerprint density at radius 1 is 1.21 bits per heavy atom. The van der Waals surface area contributed by atoms with Crippen LogP contribution in [-0.2, 0) is 0 Å². The van der Waals surface area contributed by atoms with Crippen molar-refractivity contribution in [1.82, 2.24) is 15.3 Å². The second kappa shape index (κ2) is 8.86. The molecule has 0 spiro atoms. The molecule has 0 radical (unpaired) electrons. The van der Waals surface area contributed by atoms with Gasteiger partial charge in [0.25, 0.3) is 5.91 Å². The van der Waals surface area contributed by atoms with Crippen LogP contribution in [0.1, 0.15) is 37.6 Å². The number of nitrogens with one attached hydrogen (secondary N) is 2. The molecule has 0 aliphatic carbocycles. The Labute approximate surface area is 142 Å². The molecule has 0 saturated heterocycles. The first-order valence-electron chi connectivity index (χ1n) is 8.19. The van der Waals surface area contributed by atoms with E-state index in [1.165, 1.54) is 12.4 Å². The number of para-hydroxylation sites is 2. The molecule has 2 rings (SSSR count). The van der Waals surface area contributed by atoms with Gasteiger partial charge in [-0.05, 0) is 31.4 Å². The van der Waals surface area contributed by atoms with Gasteiger partial charge in [-0.2, -0.15) is 0 Å². The van der Waals surface area contributed by atoms with Gasteiger partial charge in [0, 0.05) is 18.9 Å². The molecule has 0 saturated carbocycles. The van der Waals surface area contributed by atoms with Gasteiger partial charge in [0.1, 0.15) is 5.75 Å².